The van der Waals surface area contributed by atoms with Crippen molar-refractivity contribution in [3.63, 3.8) is 0 Å². The van der Waals surface area contributed by atoms with Gasteiger partial charge >= 0.3 is 7.60 Å². The highest BCUT2D eigenvalue weighted by molar-refractivity contribution is 7.54. The first kappa shape index (κ1) is 13.0. The van der Waals surface area contributed by atoms with E-state index in [0.717, 1.165) is 0 Å². The van der Waals surface area contributed by atoms with Crippen molar-refractivity contribution in [1.29, 1.82) is 0 Å². The average Bonchev–Trinajstić information content (AvgIpc) is 2.03. The molecule has 0 saturated heterocycles. The maximum absolute atomic E-state index is 13.3. The minimum absolute atomic E-state index is 0.143. The van der Waals surface area contributed by atoms with Crippen LogP contribution in [0, 0.1) is 0 Å². The van der Waals surface area contributed by atoms with Gasteiger partial charge in [0, 0.05) is 6.04 Å². The molecule has 0 rings (SSSR count). The van der Waals surface area contributed by atoms with E-state index in [1.807, 2.05) is 0 Å². The Morgan fingerprint density at radius 3 is 2.00 bits per heavy atom. The Balaban J connectivity index is 4.47. The third-order valence-corrected chi connectivity index (χ3v) is 3.66. The summed E-state index contributed by atoms with van der Waals surface area (Å²) >= 11 is 0. The summed E-state index contributed by atoms with van der Waals surface area (Å²) < 4.78 is 34.5. The summed E-state index contributed by atoms with van der Waals surface area (Å²) in [4.78, 5) is 0. The van der Waals surface area contributed by atoms with Crippen molar-refractivity contribution in [2.24, 2.45) is 5.73 Å². The minimum atomic E-state index is -3.66. The van der Waals surface area contributed by atoms with Gasteiger partial charge in [0.2, 0.25) is 5.91 Å². The molecule has 80 valence electrons. The largest absolute Gasteiger partial charge is 0.366 e. The van der Waals surface area contributed by atoms with Gasteiger partial charge < -0.3 is 14.8 Å². The first-order valence-corrected chi connectivity index (χ1v) is 5.87. The van der Waals surface area contributed by atoms with E-state index in [-0.39, 0.29) is 13.2 Å². The molecule has 0 bridgehead atoms. The van der Waals surface area contributed by atoms with Gasteiger partial charge in [-0.1, -0.05) is 0 Å². The van der Waals surface area contributed by atoms with Crippen LogP contribution in [0.15, 0.2) is 0 Å². The lowest BCUT2D eigenvalue weighted by Gasteiger charge is -2.22. The van der Waals surface area contributed by atoms with Gasteiger partial charge in [-0.3, -0.25) is 4.57 Å². The first-order valence-electron chi connectivity index (χ1n) is 4.26. The minimum Gasteiger partial charge on any atom is -0.325 e. The molecule has 0 aromatic carbocycles. The maximum atomic E-state index is 13.3. The fraction of sp³-hybridized carbons (Fsp3) is 1.00. The van der Waals surface area contributed by atoms with E-state index in [9.17, 15) is 8.96 Å². The molecule has 2 unspecified atom stereocenters. The zero-order valence-corrected chi connectivity index (χ0v) is 9.09. The lowest BCUT2D eigenvalue weighted by atomic mass is 10.4. The van der Waals surface area contributed by atoms with Gasteiger partial charge in [-0.05, 0) is 20.8 Å². The predicted molar refractivity (Wildman–Crippen MR) is 49.4 cm³/mol. The Morgan fingerprint density at radius 1 is 1.38 bits per heavy atom. The second kappa shape index (κ2) is 5.70. The Morgan fingerprint density at radius 2 is 1.77 bits per heavy atom. The molecule has 0 aliphatic rings. The van der Waals surface area contributed by atoms with Gasteiger partial charge in [0.1, 0.15) is 0 Å². The van der Waals surface area contributed by atoms with Crippen LogP contribution in [0.25, 0.3) is 0 Å². The van der Waals surface area contributed by atoms with Crippen LogP contribution in [0.5, 0.6) is 0 Å². The number of halogens is 1. The van der Waals surface area contributed by atoms with Crippen LogP contribution in [-0.2, 0) is 13.6 Å². The quantitative estimate of drug-likeness (QED) is 0.684. The molecule has 6 heteroatoms. The van der Waals surface area contributed by atoms with E-state index >= 15 is 0 Å². The van der Waals surface area contributed by atoms with Crippen molar-refractivity contribution in [1.82, 2.24) is 0 Å². The Hall–Kier alpha value is 0.0400. The summed E-state index contributed by atoms with van der Waals surface area (Å²) in [5, 5.41) is 0. The normalized spacial score (nSPS) is 17.0. The summed E-state index contributed by atoms with van der Waals surface area (Å²) in [6.45, 7) is 4.96. The zero-order chi connectivity index (χ0) is 10.5. The monoisotopic (exact) mass is 213 g/mol. The van der Waals surface area contributed by atoms with Crippen molar-refractivity contribution in [2.75, 3.05) is 13.2 Å². The SMILES string of the molecule is CCOP(=O)(OCC)C(F)C(C)N. The highest BCUT2D eigenvalue weighted by Gasteiger charge is 2.38. The molecule has 0 heterocycles. The molecule has 2 N–H and O–H groups in total. The van der Waals surface area contributed by atoms with Crippen LogP contribution in [0.2, 0.25) is 0 Å². The Bertz CT molecular complexity index is 179. The van der Waals surface area contributed by atoms with Crippen LogP contribution in [-0.4, -0.2) is 25.2 Å². The third kappa shape index (κ3) is 3.73. The average molecular weight is 213 g/mol. The third-order valence-electron chi connectivity index (χ3n) is 1.35. The number of nitrogens with two attached hydrogens (primary N) is 1. The van der Waals surface area contributed by atoms with E-state index in [2.05, 4.69) is 0 Å². The van der Waals surface area contributed by atoms with E-state index in [0.29, 0.717) is 0 Å². The van der Waals surface area contributed by atoms with Gasteiger partial charge in [0.05, 0.1) is 13.2 Å². The highest BCUT2D eigenvalue weighted by Crippen LogP contribution is 2.54. The number of hydrogen-bond donors (Lipinski definition) is 1. The van der Waals surface area contributed by atoms with Crippen LogP contribution >= 0.6 is 7.60 Å². The van der Waals surface area contributed by atoms with Crippen LogP contribution < -0.4 is 5.73 Å². The Labute approximate surface area is 78.1 Å². The first-order chi connectivity index (χ1) is 5.98. The second-order valence-corrected chi connectivity index (χ2v) is 4.70. The summed E-state index contributed by atoms with van der Waals surface area (Å²) in [5.41, 5.74) is 5.28. The molecular weight excluding hydrogens is 196 g/mol. The molecule has 0 aliphatic carbocycles. The van der Waals surface area contributed by atoms with E-state index in [1.54, 1.807) is 13.8 Å². The molecule has 13 heavy (non-hydrogen) atoms. The van der Waals surface area contributed by atoms with Gasteiger partial charge in [0.25, 0.3) is 0 Å². The van der Waals surface area contributed by atoms with Gasteiger partial charge in [-0.25, -0.2) is 4.39 Å². The molecule has 0 amide bonds. The molecule has 0 radical (unpaired) electrons. The number of rotatable bonds is 6. The zero-order valence-electron chi connectivity index (χ0n) is 8.20. The van der Waals surface area contributed by atoms with E-state index in [1.165, 1.54) is 6.92 Å². The highest BCUT2D eigenvalue weighted by atomic mass is 31.2. The number of alkyl halides is 1. The predicted octanol–water partition coefficient (Wildman–Crippen LogP) is 1.90. The maximum Gasteiger partial charge on any atom is 0.366 e. The fourth-order valence-corrected chi connectivity index (χ4v) is 2.48. The van der Waals surface area contributed by atoms with Crippen molar-refractivity contribution in [3.05, 3.63) is 0 Å². The van der Waals surface area contributed by atoms with E-state index < -0.39 is 19.6 Å². The van der Waals surface area contributed by atoms with Crippen LogP contribution in [0.1, 0.15) is 20.8 Å². The summed E-state index contributed by atoms with van der Waals surface area (Å²) in [6, 6.07) is -0.857. The summed E-state index contributed by atoms with van der Waals surface area (Å²) in [5.74, 6) is -1.76. The second-order valence-electron chi connectivity index (χ2n) is 2.61. The molecule has 2 atom stereocenters. The topological polar surface area (TPSA) is 61.5 Å². The summed E-state index contributed by atoms with van der Waals surface area (Å²) in [7, 11) is -3.66. The van der Waals surface area contributed by atoms with Crippen molar-refractivity contribution < 1.29 is 18.0 Å². The molecule has 0 aliphatic heterocycles. The van der Waals surface area contributed by atoms with Crippen molar-refractivity contribution >= 4 is 7.60 Å². The van der Waals surface area contributed by atoms with E-state index in [4.69, 9.17) is 14.8 Å². The Kier molecular flexibility index (Phi) is 5.72. The van der Waals surface area contributed by atoms with Gasteiger partial charge in [-0.2, -0.15) is 0 Å². The van der Waals surface area contributed by atoms with Gasteiger partial charge in [0.15, 0.2) is 0 Å². The standard InChI is InChI=1S/C7H17FNO3P/c1-4-11-13(10,12-5-2)7(8)6(3)9/h6-7H,4-5,9H2,1-3H3. The lowest BCUT2D eigenvalue weighted by Crippen LogP contribution is -2.29. The van der Waals surface area contributed by atoms with Crippen molar-refractivity contribution in [3.8, 4) is 0 Å². The molecule has 0 saturated carbocycles. The molecule has 0 spiro atoms. The molecule has 0 fully saturated rings. The molecule has 0 aromatic heterocycles. The molecule has 0 aromatic rings. The van der Waals surface area contributed by atoms with Crippen LogP contribution in [0.3, 0.4) is 0 Å². The smallest absolute Gasteiger partial charge is 0.325 e. The van der Waals surface area contributed by atoms with Crippen LogP contribution in [0.4, 0.5) is 4.39 Å². The van der Waals surface area contributed by atoms with Crippen molar-refractivity contribution in [2.45, 2.75) is 32.7 Å². The molecule has 4 nitrogen and oxygen atoms in total. The molecular formula is C7H17FNO3P. The lowest BCUT2D eigenvalue weighted by molar-refractivity contribution is 0.183. The number of hydrogen-bond acceptors (Lipinski definition) is 4. The fourth-order valence-electron chi connectivity index (χ4n) is 0.828. The van der Waals surface area contributed by atoms with Gasteiger partial charge in [-0.15, -0.1) is 0 Å². The summed E-state index contributed by atoms with van der Waals surface area (Å²) in [6.07, 6.45) is 0.